The van der Waals surface area contributed by atoms with Gasteiger partial charge in [0.15, 0.2) is 0 Å². The molecule has 1 aliphatic carbocycles. The van der Waals surface area contributed by atoms with Crippen LogP contribution in [0.25, 0.3) is 6.08 Å². The van der Waals surface area contributed by atoms with Crippen LogP contribution in [0.3, 0.4) is 0 Å². The molecule has 1 heterocycles. The Bertz CT molecular complexity index is 2340. The number of hydrogen-bond acceptors (Lipinski definition) is 9. The Kier molecular flexibility index (Phi) is 13.2. The number of thioether (sulfide) groups is 1. The smallest absolute Gasteiger partial charge is 0.341 e. The van der Waals surface area contributed by atoms with E-state index in [-0.39, 0.29) is 29.3 Å². The van der Waals surface area contributed by atoms with Crippen molar-refractivity contribution >= 4 is 69.2 Å². The number of thiophene rings is 1. The maximum Gasteiger partial charge on any atom is 0.341 e. The van der Waals surface area contributed by atoms with Crippen LogP contribution in [0.15, 0.2) is 120 Å². The first-order valence-corrected chi connectivity index (χ1v) is 20.6. The molecule has 2 unspecified atom stereocenters. The van der Waals surface area contributed by atoms with Crippen LogP contribution in [-0.4, -0.2) is 35.2 Å². The second kappa shape index (κ2) is 18.5. The first-order valence-electron chi connectivity index (χ1n) is 18.9. The highest BCUT2D eigenvalue weighted by Gasteiger charge is 2.35. The van der Waals surface area contributed by atoms with E-state index in [0.717, 1.165) is 35.3 Å². The van der Waals surface area contributed by atoms with E-state index in [1.807, 2.05) is 36.4 Å². The fourth-order valence-corrected chi connectivity index (χ4v) is 9.10. The summed E-state index contributed by atoms with van der Waals surface area (Å²) in [6.45, 7) is 8.67. The summed E-state index contributed by atoms with van der Waals surface area (Å²) >= 11 is 2.73. The van der Waals surface area contributed by atoms with Crippen LogP contribution in [0.1, 0.15) is 81.6 Å². The molecule has 0 bridgehead atoms. The summed E-state index contributed by atoms with van der Waals surface area (Å²) in [7, 11) is 0. The third-order valence-corrected chi connectivity index (χ3v) is 12.3. The molecule has 298 valence electrons. The van der Waals surface area contributed by atoms with Crippen LogP contribution in [0.2, 0.25) is 0 Å². The maximum atomic E-state index is 14.4. The van der Waals surface area contributed by atoms with Gasteiger partial charge in [-0.25, -0.2) is 4.79 Å². The standard InChI is InChI=1S/C45H44N4O7S2/c1-5-56-44(53)38-35-24-21-31(45(2,3)4)26-37(35)58-43(38)48-42(52)39(29-13-8-6-9-14-29)57-34-18-12-17-32(27-34)46-41(51)36(47-40(50)30-15-10-7-11-16-30)25-28-19-22-33(23-20-28)49(54)55/h6-20,22-23,25,27,31,39H,5,21,24,26H2,1-4H3,(H,46,51)(H,47,50)(H,48,52)/b36-25+. The number of nitro groups is 1. The first-order chi connectivity index (χ1) is 27.8. The monoisotopic (exact) mass is 816 g/mol. The molecule has 0 saturated carbocycles. The number of rotatable bonds is 13. The van der Waals surface area contributed by atoms with Crippen LogP contribution in [0.5, 0.6) is 0 Å². The van der Waals surface area contributed by atoms with Crippen LogP contribution in [-0.2, 0) is 27.2 Å². The molecule has 3 amide bonds. The Balaban J connectivity index is 1.26. The molecule has 0 fully saturated rings. The van der Waals surface area contributed by atoms with E-state index < -0.39 is 28.0 Å². The molecule has 4 aromatic carbocycles. The van der Waals surface area contributed by atoms with Crippen LogP contribution in [0.4, 0.5) is 16.4 Å². The normalized spacial score (nSPS) is 14.4. The number of esters is 1. The topological polar surface area (TPSA) is 157 Å². The zero-order chi connectivity index (χ0) is 41.4. The summed E-state index contributed by atoms with van der Waals surface area (Å²) in [4.78, 5) is 67.2. The van der Waals surface area contributed by atoms with E-state index in [1.165, 1.54) is 53.4 Å². The van der Waals surface area contributed by atoms with Gasteiger partial charge in [-0.1, -0.05) is 75.4 Å². The van der Waals surface area contributed by atoms with Crippen molar-refractivity contribution in [1.82, 2.24) is 5.32 Å². The van der Waals surface area contributed by atoms with Gasteiger partial charge < -0.3 is 20.7 Å². The molecule has 1 aromatic heterocycles. The number of amides is 3. The number of nitrogens with one attached hydrogen (secondary N) is 3. The molecule has 3 N–H and O–H groups in total. The third kappa shape index (κ3) is 10.3. The fraction of sp³-hybridized carbons (Fsp3) is 0.244. The molecule has 5 aromatic rings. The molecule has 11 nitrogen and oxygen atoms in total. The second-order valence-corrected chi connectivity index (χ2v) is 17.1. The molecule has 58 heavy (non-hydrogen) atoms. The lowest BCUT2D eigenvalue weighted by atomic mass is 9.72. The Hall–Kier alpha value is -6.05. The number of carbonyl (C=O) groups is 4. The molecule has 2 atom stereocenters. The molecule has 0 saturated heterocycles. The van der Waals surface area contributed by atoms with Crippen molar-refractivity contribution in [2.75, 3.05) is 17.2 Å². The minimum atomic E-state index is -0.744. The highest BCUT2D eigenvalue weighted by atomic mass is 32.2. The van der Waals surface area contributed by atoms with E-state index in [1.54, 1.807) is 55.5 Å². The Labute approximate surface area is 345 Å². The SMILES string of the molecule is CCOC(=O)c1c(NC(=O)C(Sc2cccc(NC(=O)/C(=C\c3ccc([N+](=O)[O-])cc3)NC(=O)c3ccccc3)c2)c2ccccc2)sc2c1CCC(C(C)(C)C)C2. The number of nitro benzene ring substituents is 1. The number of anilines is 2. The lowest BCUT2D eigenvalue weighted by Gasteiger charge is -2.33. The summed E-state index contributed by atoms with van der Waals surface area (Å²) < 4.78 is 5.49. The summed E-state index contributed by atoms with van der Waals surface area (Å²) in [5.74, 6) is -1.48. The van der Waals surface area contributed by atoms with Crippen molar-refractivity contribution in [3.63, 3.8) is 0 Å². The van der Waals surface area contributed by atoms with Crippen molar-refractivity contribution < 1.29 is 28.8 Å². The number of hydrogen-bond donors (Lipinski definition) is 3. The zero-order valence-corrected chi connectivity index (χ0v) is 34.2. The number of non-ortho nitro benzene ring substituents is 1. The third-order valence-electron chi connectivity index (χ3n) is 9.84. The van der Waals surface area contributed by atoms with Crippen molar-refractivity contribution in [3.8, 4) is 0 Å². The molecular formula is C45H44N4O7S2. The Morgan fingerprint density at radius 2 is 1.62 bits per heavy atom. The number of ether oxygens (including phenoxy) is 1. The molecule has 1 aliphatic rings. The lowest BCUT2D eigenvalue weighted by Crippen LogP contribution is -2.30. The van der Waals surface area contributed by atoms with Crippen LogP contribution < -0.4 is 16.0 Å². The summed E-state index contributed by atoms with van der Waals surface area (Å²) in [6, 6.07) is 30.3. The quantitative estimate of drug-likeness (QED) is 0.0349. The average Bonchev–Trinajstić information content (AvgIpc) is 3.57. The molecule has 13 heteroatoms. The number of fused-ring (bicyclic) bond motifs is 1. The second-order valence-electron chi connectivity index (χ2n) is 14.8. The Morgan fingerprint density at radius 1 is 0.931 bits per heavy atom. The van der Waals surface area contributed by atoms with Gasteiger partial charge in [-0.2, -0.15) is 0 Å². The summed E-state index contributed by atoms with van der Waals surface area (Å²) in [5, 5.41) is 19.6. The number of nitrogens with zero attached hydrogens (tertiary/aromatic N) is 1. The Morgan fingerprint density at radius 3 is 2.28 bits per heavy atom. The highest BCUT2D eigenvalue weighted by molar-refractivity contribution is 8.00. The van der Waals surface area contributed by atoms with Gasteiger partial charge in [-0.15, -0.1) is 23.1 Å². The van der Waals surface area contributed by atoms with Gasteiger partial charge >= 0.3 is 5.97 Å². The van der Waals surface area contributed by atoms with Gasteiger partial charge in [0, 0.05) is 33.2 Å². The van der Waals surface area contributed by atoms with Gasteiger partial charge in [0.05, 0.1) is 17.1 Å². The van der Waals surface area contributed by atoms with Crippen LogP contribution in [0, 0.1) is 21.4 Å². The minimum Gasteiger partial charge on any atom is -0.462 e. The highest BCUT2D eigenvalue weighted by Crippen LogP contribution is 2.45. The predicted octanol–water partition coefficient (Wildman–Crippen LogP) is 9.87. The zero-order valence-electron chi connectivity index (χ0n) is 32.6. The van der Waals surface area contributed by atoms with E-state index in [9.17, 15) is 29.3 Å². The van der Waals surface area contributed by atoms with E-state index >= 15 is 0 Å². The lowest BCUT2D eigenvalue weighted by molar-refractivity contribution is -0.384. The molecular weight excluding hydrogens is 773 g/mol. The van der Waals surface area contributed by atoms with Crippen molar-refractivity contribution in [1.29, 1.82) is 0 Å². The summed E-state index contributed by atoms with van der Waals surface area (Å²) in [6.07, 6.45) is 3.93. The minimum absolute atomic E-state index is 0.0906. The van der Waals surface area contributed by atoms with E-state index in [0.29, 0.717) is 38.2 Å². The van der Waals surface area contributed by atoms with Gasteiger partial charge in [-0.3, -0.25) is 24.5 Å². The fourth-order valence-electron chi connectivity index (χ4n) is 6.69. The number of carbonyl (C=O) groups excluding carboxylic acids is 4. The van der Waals surface area contributed by atoms with Crippen molar-refractivity contribution in [2.24, 2.45) is 11.3 Å². The van der Waals surface area contributed by atoms with Gasteiger partial charge in [0.1, 0.15) is 15.9 Å². The first kappa shape index (κ1) is 41.6. The molecule has 0 aliphatic heterocycles. The molecule has 6 rings (SSSR count). The number of benzene rings is 4. The molecule has 0 radical (unpaired) electrons. The van der Waals surface area contributed by atoms with E-state index in [4.69, 9.17) is 4.74 Å². The van der Waals surface area contributed by atoms with Gasteiger partial charge in [-0.05, 0) is 103 Å². The predicted molar refractivity (Wildman–Crippen MR) is 229 cm³/mol. The average molecular weight is 817 g/mol. The van der Waals surface area contributed by atoms with E-state index in [2.05, 4.69) is 36.7 Å². The van der Waals surface area contributed by atoms with Crippen molar-refractivity contribution in [2.45, 2.75) is 57.1 Å². The van der Waals surface area contributed by atoms with Crippen LogP contribution >= 0.6 is 23.1 Å². The molecule has 0 spiro atoms. The largest absolute Gasteiger partial charge is 0.462 e. The maximum absolute atomic E-state index is 14.4. The van der Waals surface area contributed by atoms with Gasteiger partial charge in [0.2, 0.25) is 5.91 Å². The summed E-state index contributed by atoms with van der Waals surface area (Å²) in [5.41, 5.74) is 3.20. The van der Waals surface area contributed by atoms with Crippen molar-refractivity contribution in [3.05, 3.63) is 158 Å². The van der Waals surface area contributed by atoms with Gasteiger partial charge in [0.25, 0.3) is 17.5 Å².